The van der Waals surface area contributed by atoms with Crippen LogP contribution in [0.4, 0.5) is 0 Å². The largest absolute Gasteiger partial charge is 0.396 e. The van der Waals surface area contributed by atoms with Crippen LogP contribution in [0.15, 0.2) is 36.5 Å². The second-order valence-electron chi connectivity index (χ2n) is 6.91. The number of likely N-dealkylation sites (tertiary alicyclic amines) is 1. The first-order chi connectivity index (χ1) is 11.7. The van der Waals surface area contributed by atoms with Crippen LogP contribution in [-0.2, 0) is 6.54 Å². The highest BCUT2D eigenvalue weighted by molar-refractivity contribution is 5.78. The highest BCUT2D eigenvalue weighted by atomic mass is 16.3. The van der Waals surface area contributed by atoms with Crippen LogP contribution in [0, 0.1) is 11.8 Å². The van der Waals surface area contributed by atoms with Gasteiger partial charge in [-0.15, -0.1) is 0 Å². The molecule has 5 heteroatoms. The van der Waals surface area contributed by atoms with Crippen molar-refractivity contribution in [1.82, 2.24) is 14.8 Å². The molecule has 130 valence electrons. The van der Waals surface area contributed by atoms with Crippen molar-refractivity contribution < 1.29 is 10.2 Å². The SMILES string of the molecule is CN(CCO)C[C@@H]1CN(Cc2ccc3ncccc3c2)C[C@@H]1CO. The zero-order chi connectivity index (χ0) is 16.9. The van der Waals surface area contributed by atoms with Gasteiger partial charge in [-0.2, -0.15) is 0 Å². The number of likely N-dealkylation sites (N-methyl/N-ethyl adjacent to an activating group) is 1. The molecule has 0 radical (unpaired) electrons. The number of aromatic nitrogens is 1. The van der Waals surface area contributed by atoms with E-state index >= 15 is 0 Å². The fourth-order valence-corrected chi connectivity index (χ4v) is 3.72. The Balaban J connectivity index is 1.64. The van der Waals surface area contributed by atoms with Gasteiger partial charge >= 0.3 is 0 Å². The summed E-state index contributed by atoms with van der Waals surface area (Å²) in [6, 6.07) is 10.5. The number of hydrogen-bond donors (Lipinski definition) is 2. The van der Waals surface area contributed by atoms with E-state index in [0.717, 1.165) is 31.7 Å². The number of benzene rings is 1. The molecule has 0 saturated carbocycles. The summed E-state index contributed by atoms with van der Waals surface area (Å²) < 4.78 is 0. The van der Waals surface area contributed by atoms with Crippen molar-refractivity contribution in [2.45, 2.75) is 6.54 Å². The van der Waals surface area contributed by atoms with Crippen molar-refractivity contribution in [2.75, 3.05) is 46.4 Å². The van der Waals surface area contributed by atoms with Crippen molar-refractivity contribution >= 4 is 10.9 Å². The predicted octanol–water partition coefficient (Wildman–Crippen LogP) is 1.20. The first-order valence-corrected chi connectivity index (χ1v) is 8.66. The second-order valence-corrected chi connectivity index (χ2v) is 6.91. The highest BCUT2D eigenvalue weighted by Gasteiger charge is 2.32. The van der Waals surface area contributed by atoms with E-state index in [9.17, 15) is 5.11 Å². The number of hydrogen-bond acceptors (Lipinski definition) is 5. The first kappa shape index (κ1) is 17.3. The topological polar surface area (TPSA) is 59.8 Å². The Labute approximate surface area is 143 Å². The molecule has 0 amide bonds. The Hall–Kier alpha value is -1.53. The lowest BCUT2D eigenvalue weighted by molar-refractivity contribution is 0.160. The normalized spacial score (nSPS) is 21.8. The van der Waals surface area contributed by atoms with Crippen LogP contribution in [0.5, 0.6) is 0 Å². The van der Waals surface area contributed by atoms with Gasteiger partial charge in [-0.3, -0.25) is 9.88 Å². The number of aliphatic hydroxyl groups is 2. The van der Waals surface area contributed by atoms with Crippen LogP contribution in [0.3, 0.4) is 0 Å². The smallest absolute Gasteiger partial charge is 0.0702 e. The molecule has 1 saturated heterocycles. The third kappa shape index (κ3) is 4.11. The molecule has 0 spiro atoms. The van der Waals surface area contributed by atoms with Crippen molar-refractivity contribution in [1.29, 1.82) is 0 Å². The molecule has 3 rings (SSSR count). The summed E-state index contributed by atoms with van der Waals surface area (Å²) in [5.74, 6) is 0.766. The molecule has 1 fully saturated rings. The van der Waals surface area contributed by atoms with E-state index in [1.54, 1.807) is 0 Å². The molecule has 0 unspecified atom stereocenters. The predicted molar refractivity (Wildman–Crippen MR) is 95.7 cm³/mol. The van der Waals surface area contributed by atoms with Crippen LogP contribution in [0.2, 0.25) is 0 Å². The maximum atomic E-state index is 9.70. The second kappa shape index (κ2) is 8.03. The summed E-state index contributed by atoms with van der Waals surface area (Å²) in [5.41, 5.74) is 2.32. The minimum atomic E-state index is 0.182. The van der Waals surface area contributed by atoms with E-state index in [1.165, 1.54) is 10.9 Å². The van der Waals surface area contributed by atoms with Gasteiger partial charge in [-0.05, 0) is 42.6 Å². The maximum Gasteiger partial charge on any atom is 0.0702 e. The zero-order valence-electron chi connectivity index (χ0n) is 14.3. The molecular weight excluding hydrogens is 302 g/mol. The Bertz CT molecular complexity index is 664. The summed E-state index contributed by atoms with van der Waals surface area (Å²) >= 11 is 0. The lowest BCUT2D eigenvalue weighted by atomic mass is 9.96. The molecule has 2 heterocycles. The van der Waals surface area contributed by atoms with Gasteiger partial charge in [0.05, 0.1) is 12.1 Å². The average molecular weight is 329 g/mol. The fraction of sp³-hybridized carbons (Fsp3) is 0.526. The number of fused-ring (bicyclic) bond motifs is 1. The zero-order valence-corrected chi connectivity index (χ0v) is 14.3. The number of rotatable bonds is 7. The molecule has 2 N–H and O–H groups in total. The molecule has 24 heavy (non-hydrogen) atoms. The molecule has 5 nitrogen and oxygen atoms in total. The van der Waals surface area contributed by atoms with E-state index in [-0.39, 0.29) is 13.2 Å². The molecular formula is C19H27N3O2. The first-order valence-electron chi connectivity index (χ1n) is 8.66. The summed E-state index contributed by atoms with van der Waals surface area (Å²) in [6.07, 6.45) is 1.82. The summed E-state index contributed by atoms with van der Waals surface area (Å²) in [4.78, 5) is 8.95. The Kier molecular flexibility index (Phi) is 5.79. The quantitative estimate of drug-likeness (QED) is 0.799. The van der Waals surface area contributed by atoms with Crippen molar-refractivity contribution in [3.8, 4) is 0 Å². The van der Waals surface area contributed by atoms with Crippen LogP contribution < -0.4 is 0 Å². The van der Waals surface area contributed by atoms with Crippen LogP contribution in [-0.4, -0.2) is 71.4 Å². The fourth-order valence-electron chi connectivity index (χ4n) is 3.72. The standard InChI is InChI=1S/C19H27N3O2/c1-21(7-8-23)11-17-12-22(13-18(17)14-24)10-15-4-5-19-16(9-15)3-2-6-20-19/h2-6,9,17-18,23-24H,7-8,10-14H2,1H3/t17-,18-/m1/s1. The molecule has 2 aromatic rings. The van der Waals surface area contributed by atoms with Crippen molar-refractivity contribution in [2.24, 2.45) is 11.8 Å². The monoisotopic (exact) mass is 329 g/mol. The van der Waals surface area contributed by atoms with Gasteiger partial charge < -0.3 is 15.1 Å². The van der Waals surface area contributed by atoms with Crippen LogP contribution >= 0.6 is 0 Å². The van der Waals surface area contributed by atoms with Gasteiger partial charge in [0.2, 0.25) is 0 Å². The lowest BCUT2D eigenvalue weighted by Crippen LogP contribution is -2.32. The Morgan fingerprint density at radius 2 is 2.04 bits per heavy atom. The molecule has 2 atom stereocenters. The number of pyridine rings is 1. The van der Waals surface area contributed by atoms with Gasteiger partial charge in [0.15, 0.2) is 0 Å². The van der Waals surface area contributed by atoms with Crippen LogP contribution in [0.25, 0.3) is 10.9 Å². The van der Waals surface area contributed by atoms with E-state index in [4.69, 9.17) is 5.11 Å². The Morgan fingerprint density at radius 3 is 2.83 bits per heavy atom. The highest BCUT2D eigenvalue weighted by Crippen LogP contribution is 2.26. The van der Waals surface area contributed by atoms with Gasteiger partial charge in [-0.25, -0.2) is 0 Å². The van der Waals surface area contributed by atoms with Gasteiger partial charge in [0.25, 0.3) is 0 Å². The van der Waals surface area contributed by atoms with E-state index in [1.807, 2.05) is 19.3 Å². The van der Waals surface area contributed by atoms with Gasteiger partial charge in [0.1, 0.15) is 0 Å². The van der Waals surface area contributed by atoms with E-state index in [0.29, 0.717) is 18.4 Å². The van der Waals surface area contributed by atoms with Crippen molar-refractivity contribution in [3.05, 3.63) is 42.1 Å². The average Bonchev–Trinajstić information content (AvgIpc) is 2.96. The summed E-state index contributed by atoms with van der Waals surface area (Å²) in [7, 11) is 2.03. The minimum Gasteiger partial charge on any atom is -0.396 e. The molecule has 1 aromatic heterocycles. The third-order valence-electron chi connectivity index (χ3n) is 4.99. The van der Waals surface area contributed by atoms with Crippen LogP contribution in [0.1, 0.15) is 5.56 Å². The maximum absolute atomic E-state index is 9.70. The van der Waals surface area contributed by atoms with Gasteiger partial charge in [0, 0.05) is 50.9 Å². The third-order valence-corrected chi connectivity index (χ3v) is 4.99. The number of nitrogens with zero attached hydrogens (tertiary/aromatic N) is 3. The van der Waals surface area contributed by atoms with Crippen molar-refractivity contribution in [3.63, 3.8) is 0 Å². The Morgan fingerprint density at radius 1 is 1.21 bits per heavy atom. The molecule has 0 bridgehead atoms. The molecule has 1 aliphatic heterocycles. The molecule has 1 aromatic carbocycles. The number of aliphatic hydroxyl groups excluding tert-OH is 2. The lowest BCUT2D eigenvalue weighted by Gasteiger charge is -2.23. The van der Waals surface area contributed by atoms with E-state index in [2.05, 4.69) is 39.0 Å². The van der Waals surface area contributed by atoms with Gasteiger partial charge in [-0.1, -0.05) is 12.1 Å². The van der Waals surface area contributed by atoms with E-state index < -0.39 is 0 Å². The molecule has 0 aliphatic carbocycles. The summed E-state index contributed by atoms with van der Waals surface area (Å²) in [5, 5.41) is 19.9. The summed E-state index contributed by atoms with van der Waals surface area (Å²) in [6.45, 7) is 4.85. The molecule has 1 aliphatic rings. The minimum absolute atomic E-state index is 0.182.